The van der Waals surface area contributed by atoms with Crippen LogP contribution in [0.4, 0.5) is 0 Å². The Kier molecular flexibility index (Phi) is 5.81. The molecule has 0 unspecified atom stereocenters. The molecular weight excluding hydrogens is 424 g/mol. The molecule has 0 aliphatic rings. The molecule has 0 aliphatic carbocycles. The van der Waals surface area contributed by atoms with E-state index in [9.17, 15) is 4.79 Å². The molecule has 0 spiro atoms. The molecule has 0 radical (unpaired) electrons. The molecule has 0 aliphatic heterocycles. The molecule has 0 saturated carbocycles. The predicted octanol–water partition coefficient (Wildman–Crippen LogP) is 4.38. The van der Waals surface area contributed by atoms with Gasteiger partial charge in [0.2, 0.25) is 0 Å². The first-order valence-corrected chi connectivity index (χ1v) is 9.76. The summed E-state index contributed by atoms with van der Waals surface area (Å²) in [5, 5.41) is 5.19. The summed E-state index contributed by atoms with van der Waals surface area (Å²) >= 11 is 3.46. The highest BCUT2D eigenvalue weighted by Gasteiger charge is 2.28. The van der Waals surface area contributed by atoms with Crippen LogP contribution in [0.25, 0.3) is 22.2 Å². The average Bonchev–Trinajstić information content (AvgIpc) is 3.02. The van der Waals surface area contributed by atoms with Crippen LogP contribution in [-0.4, -0.2) is 38.4 Å². The molecule has 3 aromatic heterocycles. The minimum Gasteiger partial charge on any atom is -0.456 e. The van der Waals surface area contributed by atoms with E-state index in [1.54, 1.807) is 30.4 Å². The Balaban J connectivity index is 2.38. The SMILES string of the molecule is CCn1ncc2c(-c3cncc(Br)c3)c(C(=O)OC(C)(C)C)c(COC)nc21. The highest BCUT2D eigenvalue weighted by Crippen LogP contribution is 2.35. The van der Waals surface area contributed by atoms with Crippen molar-refractivity contribution >= 4 is 32.9 Å². The van der Waals surface area contributed by atoms with Crippen molar-refractivity contribution in [3.8, 4) is 11.1 Å². The minimum absolute atomic E-state index is 0.174. The molecule has 0 N–H and O–H groups in total. The fourth-order valence-electron chi connectivity index (χ4n) is 3.01. The molecule has 0 atom stereocenters. The molecule has 0 fully saturated rings. The highest BCUT2D eigenvalue weighted by atomic mass is 79.9. The van der Waals surface area contributed by atoms with E-state index in [1.807, 2.05) is 33.8 Å². The summed E-state index contributed by atoms with van der Waals surface area (Å²) < 4.78 is 13.6. The van der Waals surface area contributed by atoms with Crippen LogP contribution in [0.15, 0.2) is 29.1 Å². The number of nitrogens with zero attached hydrogens (tertiary/aromatic N) is 4. The summed E-state index contributed by atoms with van der Waals surface area (Å²) in [5.74, 6) is -0.451. The van der Waals surface area contributed by atoms with Gasteiger partial charge in [0.1, 0.15) is 5.60 Å². The van der Waals surface area contributed by atoms with Crippen molar-refractivity contribution in [2.75, 3.05) is 7.11 Å². The zero-order valence-corrected chi connectivity index (χ0v) is 18.2. The quantitative estimate of drug-likeness (QED) is 0.541. The number of esters is 1. The maximum absolute atomic E-state index is 13.2. The fraction of sp³-hybridized carbons (Fsp3) is 0.400. The molecule has 3 heterocycles. The summed E-state index contributed by atoms with van der Waals surface area (Å²) in [6, 6.07) is 1.91. The summed E-state index contributed by atoms with van der Waals surface area (Å²) in [5.41, 5.74) is 2.40. The lowest BCUT2D eigenvalue weighted by Crippen LogP contribution is -2.25. The van der Waals surface area contributed by atoms with Gasteiger partial charge in [-0.05, 0) is 49.7 Å². The Bertz CT molecular complexity index is 1020. The molecule has 0 aromatic carbocycles. The Morgan fingerprint density at radius 2 is 2.00 bits per heavy atom. The largest absolute Gasteiger partial charge is 0.456 e. The molecular formula is C20H23BrN4O3. The van der Waals surface area contributed by atoms with Gasteiger partial charge < -0.3 is 9.47 Å². The van der Waals surface area contributed by atoms with Gasteiger partial charge in [-0.1, -0.05) is 0 Å². The first-order valence-electron chi connectivity index (χ1n) is 8.96. The van der Waals surface area contributed by atoms with Crippen LogP contribution in [0.2, 0.25) is 0 Å². The Morgan fingerprint density at radius 3 is 2.61 bits per heavy atom. The standard InChI is InChI=1S/C20H23BrN4O3/c1-6-25-18-14(10-23-25)16(12-7-13(21)9-22-8-12)17(15(24-18)11-27-5)19(26)28-20(2,3)4/h7-10H,6,11H2,1-5H3. The van der Waals surface area contributed by atoms with Crippen LogP contribution in [0.5, 0.6) is 0 Å². The molecule has 0 amide bonds. The maximum Gasteiger partial charge on any atom is 0.341 e. The van der Waals surface area contributed by atoms with E-state index in [2.05, 4.69) is 26.0 Å². The minimum atomic E-state index is -0.642. The summed E-state index contributed by atoms with van der Waals surface area (Å²) in [4.78, 5) is 22.1. The molecule has 0 bridgehead atoms. The number of aryl methyl sites for hydroxylation is 1. The van der Waals surface area contributed by atoms with Crippen molar-refractivity contribution in [2.24, 2.45) is 0 Å². The normalized spacial score (nSPS) is 11.8. The van der Waals surface area contributed by atoms with E-state index in [1.165, 1.54) is 0 Å². The van der Waals surface area contributed by atoms with Gasteiger partial charge in [0.15, 0.2) is 5.65 Å². The number of hydrogen-bond donors (Lipinski definition) is 0. The first-order chi connectivity index (χ1) is 13.2. The number of pyridine rings is 2. The van der Waals surface area contributed by atoms with Gasteiger partial charge in [0.05, 0.1) is 24.1 Å². The number of halogens is 1. The molecule has 3 aromatic rings. The zero-order chi connectivity index (χ0) is 20.5. The second-order valence-corrected chi connectivity index (χ2v) is 8.25. The summed E-state index contributed by atoms with van der Waals surface area (Å²) in [6.07, 6.45) is 5.14. The number of ether oxygens (including phenoxy) is 2. The van der Waals surface area contributed by atoms with E-state index in [4.69, 9.17) is 14.5 Å². The van der Waals surface area contributed by atoms with Crippen molar-refractivity contribution in [3.63, 3.8) is 0 Å². The predicted molar refractivity (Wildman–Crippen MR) is 110 cm³/mol. The molecule has 28 heavy (non-hydrogen) atoms. The fourth-order valence-corrected chi connectivity index (χ4v) is 3.37. The Hall–Kier alpha value is -2.32. The maximum atomic E-state index is 13.2. The van der Waals surface area contributed by atoms with Gasteiger partial charge >= 0.3 is 5.97 Å². The van der Waals surface area contributed by atoms with Crippen LogP contribution < -0.4 is 0 Å². The number of carbonyl (C=O) groups excluding carboxylic acids is 1. The van der Waals surface area contributed by atoms with E-state index in [0.717, 1.165) is 15.4 Å². The summed E-state index contributed by atoms with van der Waals surface area (Å²) in [6.45, 7) is 8.33. The van der Waals surface area contributed by atoms with Gasteiger partial charge in [-0.3, -0.25) is 4.98 Å². The van der Waals surface area contributed by atoms with Crippen LogP contribution in [0.1, 0.15) is 43.7 Å². The smallest absolute Gasteiger partial charge is 0.341 e. The van der Waals surface area contributed by atoms with Crippen molar-refractivity contribution in [1.82, 2.24) is 19.7 Å². The molecule has 7 nitrogen and oxygen atoms in total. The van der Waals surface area contributed by atoms with Gasteiger partial charge in [-0.2, -0.15) is 5.10 Å². The van der Waals surface area contributed by atoms with E-state index in [0.29, 0.717) is 29.0 Å². The molecule has 148 valence electrons. The first kappa shape index (κ1) is 20.4. The van der Waals surface area contributed by atoms with Gasteiger partial charge in [0.25, 0.3) is 0 Å². The van der Waals surface area contributed by atoms with E-state index in [-0.39, 0.29) is 6.61 Å². The Labute approximate surface area is 172 Å². The number of hydrogen-bond acceptors (Lipinski definition) is 6. The van der Waals surface area contributed by atoms with Crippen molar-refractivity contribution in [2.45, 2.75) is 46.4 Å². The topological polar surface area (TPSA) is 79.1 Å². The van der Waals surface area contributed by atoms with Crippen LogP contribution in [0, 0.1) is 0 Å². The van der Waals surface area contributed by atoms with Crippen molar-refractivity contribution in [1.29, 1.82) is 0 Å². The van der Waals surface area contributed by atoms with Crippen LogP contribution >= 0.6 is 15.9 Å². The van der Waals surface area contributed by atoms with Crippen molar-refractivity contribution in [3.05, 3.63) is 40.4 Å². The Morgan fingerprint density at radius 1 is 1.25 bits per heavy atom. The van der Waals surface area contributed by atoms with Gasteiger partial charge in [-0.15, -0.1) is 0 Å². The highest BCUT2D eigenvalue weighted by molar-refractivity contribution is 9.10. The average molecular weight is 447 g/mol. The number of aromatic nitrogens is 4. The second-order valence-electron chi connectivity index (χ2n) is 7.33. The summed E-state index contributed by atoms with van der Waals surface area (Å²) in [7, 11) is 1.57. The van der Waals surface area contributed by atoms with Crippen LogP contribution in [-0.2, 0) is 22.6 Å². The third-order valence-electron chi connectivity index (χ3n) is 4.04. The lowest BCUT2D eigenvalue weighted by Gasteiger charge is -2.22. The number of rotatable bonds is 5. The molecule has 0 saturated heterocycles. The van der Waals surface area contributed by atoms with E-state index < -0.39 is 11.6 Å². The lowest BCUT2D eigenvalue weighted by atomic mass is 9.97. The molecule has 8 heteroatoms. The van der Waals surface area contributed by atoms with Crippen LogP contribution in [0.3, 0.4) is 0 Å². The van der Waals surface area contributed by atoms with Crippen molar-refractivity contribution < 1.29 is 14.3 Å². The second kappa shape index (κ2) is 7.97. The molecule has 3 rings (SSSR count). The van der Waals surface area contributed by atoms with Gasteiger partial charge in [0, 0.05) is 47.0 Å². The monoisotopic (exact) mass is 446 g/mol. The third-order valence-corrected chi connectivity index (χ3v) is 4.47. The lowest BCUT2D eigenvalue weighted by molar-refractivity contribution is 0.00663. The number of carbonyl (C=O) groups is 1. The third kappa shape index (κ3) is 4.07. The number of fused-ring (bicyclic) bond motifs is 1. The van der Waals surface area contributed by atoms with Gasteiger partial charge in [-0.25, -0.2) is 14.5 Å². The number of methoxy groups -OCH3 is 1. The van der Waals surface area contributed by atoms with E-state index >= 15 is 0 Å². The zero-order valence-electron chi connectivity index (χ0n) is 16.6.